The zero-order valence-electron chi connectivity index (χ0n) is 11.4. The van der Waals surface area contributed by atoms with Gasteiger partial charge in [-0.25, -0.2) is 4.79 Å². The molecule has 0 aromatic heterocycles. The lowest BCUT2D eigenvalue weighted by Crippen LogP contribution is -2.47. The fourth-order valence-electron chi connectivity index (χ4n) is 2.32. The number of amides is 2. The molecule has 0 aliphatic carbocycles. The van der Waals surface area contributed by atoms with E-state index in [1.807, 2.05) is 0 Å². The summed E-state index contributed by atoms with van der Waals surface area (Å²) in [5.74, 6) is -0.975. The number of carbonyl (C=O) groups is 2. The standard InChI is InChI=1S/C12H23N3O3/c1-4-15(9-11(16)17)12(18)14(3)8-10-6-5-7-13(10)2/h10H,4-9H2,1-3H3,(H,16,17). The fourth-order valence-corrected chi connectivity index (χ4v) is 2.32. The van der Waals surface area contributed by atoms with Crippen LogP contribution in [0.25, 0.3) is 0 Å². The van der Waals surface area contributed by atoms with Crippen LogP contribution in [0.3, 0.4) is 0 Å². The Morgan fingerprint density at radius 3 is 2.56 bits per heavy atom. The molecule has 1 atom stereocenters. The van der Waals surface area contributed by atoms with Crippen molar-refractivity contribution in [2.24, 2.45) is 0 Å². The highest BCUT2D eigenvalue weighted by Gasteiger charge is 2.26. The Kier molecular flexibility index (Phi) is 5.40. The minimum absolute atomic E-state index is 0.208. The summed E-state index contributed by atoms with van der Waals surface area (Å²) < 4.78 is 0. The van der Waals surface area contributed by atoms with Crippen molar-refractivity contribution >= 4 is 12.0 Å². The number of urea groups is 1. The normalized spacial score (nSPS) is 19.8. The molecule has 1 aliphatic heterocycles. The van der Waals surface area contributed by atoms with Crippen LogP contribution in [-0.4, -0.2) is 78.1 Å². The molecule has 1 unspecified atom stereocenters. The van der Waals surface area contributed by atoms with E-state index in [2.05, 4.69) is 11.9 Å². The summed E-state index contributed by atoms with van der Waals surface area (Å²) in [5.41, 5.74) is 0. The van der Waals surface area contributed by atoms with E-state index in [4.69, 9.17) is 5.11 Å². The number of nitrogens with zero attached hydrogens (tertiary/aromatic N) is 3. The average Bonchev–Trinajstić information content (AvgIpc) is 2.70. The second kappa shape index (κ2) is 6.58. The van der Waals surface area contributed by atoms with E-state index < -0.39 is 5.97 Å². The molecule has 1 aliphatic rings. The number of hydrogen-bond acceptors (Lipinski definition) is 3. The highest BCUT2D eigenvalue weighted by atomic mass is 16.4. The summed E-state index contributed by atoms with van der Waals surface area (Å²) in [6, 6.07) is 0.183. The molecule has 2 amide bonds. The first kappa shape index (κ1) is 14.8. The molecule has 18 heavy (non-hydrogen) atoms. The van der Waals surface area contributed by atoms with Crippen LogP contribution in [0.1, 0.15) is 19.8 Å². The van der Waals surface area contributed by atoms with E-state index in [9.17, 15) is 9.59 Å². The Balaban J connectivity index is 2.50. The van der Waals surface area contributed by atoms with Gasteiger partial charge in [0.25, 0.3) is 0 Å². The fraction of sp³-hybridized carbons (Fsp3) is 0.833. The smallest absolute Gasteiger partial charge is 0.323 e. The number of carbonyl (C=O) groups excluding carboxylic acids is 1. The van der Waals surface area contributed by atoms with Gasteiger partial charge >= 0.3 is 12.0 Å². The number of hydrogen-bond donors (Lipinski definition) is 1. The first-order valence-electron chi connectivity index (χ1n) is 6.37. The van der Waals surface area contributed by atoms with Gasteiger partial charge in [0.2, 0.25) is 0 Å². The van der Waals surface area contributed by atoms with E-state index in [0.29, 0.717) is 19.1 Å². The summed E-state index contributed by atoms with van der Waals surface area (Å²) in [6.45, 7) is 3.69. The monoisotopic (exact) mass is 257 g/mol. The molecule has 6 heteroatoms. The maximum atomic E-state index is 12.1. The molecule has 1 fully saturated rings. The lowest BCUT2D eigenvalue weighted by Gasteiger charge is -2.30. The Hall–Kier alpha value is -1.30. The van der Waals surface area contributed by atoms with Crippen molar-refractivity contribution < 1.29 is 14.7 Å². The van der Waals surface area contributed by atoms with Gasteiger partial charge in [-0.15, -0.1) is 0 Å². The maximum Gasteiger partial charge on any atom is 0.323 e. The number of aliphatic carboxylic acids is 1. The predicted molar refractivity (Wildman–Crippen MR) is 68.6 cm³/mol. The van der Waals surface area contributed by atoms with Crippen molar-refractivity contribution in [3.63, 3.8) is 0 Å². The molecule has 0 spiro atoms. The number of carboxylic acid groups (broad SMARTS) is 1. The van der Waals surface area contributed by atoms with Crippen LogP contribution in [0.5, 0.6) is 0 Å². The minimum atomic E-state index is -0.975. The van der Waals surface area contributed by atoms with Gasteiger partial charge in [0.05, 0.1) is 0 Å². The molecular weight excluding hydrogens is 234 g/mol. The van der Waals surface area contributed by atoms with Crippen LogP contribution < -0.4 is 0 Å². The molecule has 104 valence electrons. The minimum Gasteiger partial charge on any atom is -0.480 e. The SMILES string of the molecule is CCN(CC(=O)O)C(=O)N(C)CC1CCCN1C. The van der Waals surface area contributed by atoms with Gasteiger partial charge in [-0.1, -0.05) is 0 Å². The molecule has 0 aromatic rings. The Labute approximate surface area is 108 Å². The van der Waals surface area contributed by atoms with Crippen molar-refractivity contribution in [3.8, 4) is 0 Å². The third-order valence-electron chi connectivity index (χ3n) is 3.46. The van der Waals surface area contributed by atoms with Gasteiger partial charge in [-0.2, -0.15) is 0 Å². The second-order valence-corrected chi connectivity index (χ2v) is 4.85. The van der Waals surface area contributed by atoms with Gasteiger partial charge < -0.3 is 19.8 Å². The molecule has 6 nitrogen and oxygen atoms in total. The predicted octanol–water partition coefficient (Wildman–Crippen LogP) is 0.539. The molecular formula is C12H23N3O3. The Bertz CT molecular complexity index is 309. The van der Waals surface area contributed by atoms with Crippen molar-refractivity contribution in [2.75, 3.05) is 40.3 Å². The lowest BCUT2D eigenvalue weighted by atomic mass is 10.2. The quantitative estimate of drug-likeness (QED) is 0.780. The summed E-state index contributed by atoms with van der Waals surface area (Å²) in [5, 5.41) is 8.75. The summed E-state index contributed by atoms with van der Waals surface area (Å²) >= 11 is 0. The van der Waals surface area contributed by atoms with Crippen LogP contribution >= 0.6 is 0 Å². The first-order chi connectivity index (χ1) is 8.45. The average molecular weight is 257 g/mol. The molecule has 1 saturated heterocycles. The van der Waals surface area contributed by atoms with Gasteiger partial charge in [-0.3, -0.25) is 4.79 Å². The van der Waals surface area contributed by atoms with E-state index >= 15 is 0 Å². The topological polar surface area (TPSA) is 64.1 Å². The highest BCUT2D eigenvalue weighted by Crippen LogP contribution is 2.15. The number of likely N-dealkylation sites (N-methyl/N-ethyl adjacent to an activating group) is 3. The third kappa shape index (κ3) is 3.87. The third-order valence-corrected chi connectivity index (χ3v) is 3.46. The largest absolute Gasteiger partial charge is 0.480 e. The summed E-state index contributed by atoms with van der Waals surface area (Å²) in [6.07, 6.45) is 2.26. The van der Waals surface area contributed by atoms with Crippen molar-refractivity contribution in [1.29, 1.82) is 0 Å². The highest BCUT2D eigenvalue weighted by molar-refractivity contribution is 5.80. The molecule has 0 radical (unpaired) electrons. The Morgan fingerprint density at radius 1 is 1.44 bits per heavy atom. The van der Waals surface area contributed by atoms with Crippen molar-refractivity contribution in [2.45, 2.75) is 25.8 Å². The first-order valence-corrected chi connectivity index (χ1v) is 6.37. The van der Waals surface area contributed by atoms with Crippen molar-refractivity contribution in [1.82, 2.24) is 14.7 Å². The number of carboxylic acids is 1. The van der Waals surface area contributed by atoms with Gasteiger partial charge in [0, 0.05) is 26.2 Å². The second-order valence-electron chi connectivity index (χ2n) is 4.85. The van der Waals surface area contributed by atoms with Crippen LogP contribution in [0.2, 0.25) is 0 Å². The van der Waals surface area contributed by atoms with Gasteiger partial charge in [0.1, 0.15) is 6.54 Å². The zero-order valence-corrected chi connectivity index (χ0v) is 11.4. The number of rotatable bonds is 5. The molecule has 1 rings (SSSR count). The molecule has 0 aromatic carbocycles. The van der Waals surface area contributed by atoms with Gasteiger partial charge in [0.15, 0.2) is 0 Å². The van der Waals surface area contributed by atoms with Crippen LogP contribution in [-0.2, 0) is 4.79 Å². The molecule has 0 saturated carbocycles. The van der Waals surface area contributed by atoms with E-state index in [-0.39, 0.29) is 12.6 Å². The number of likely N-dealkylation sites (tertiary alicyclic amines) is 1. The lowest BCUT2D eigenvalue weighted by molar-refractivity contribution is -0.137. The van der Waals surface area contributed by atoms with E-state index in [0.717, 1.165) is 19.4 Å². The Morgan fingerprint density at radius 2 is 2.11 bits per heavy atom. The van der Waals surface area contributed by atoms with E-state index in [1.54, 1.807) is 18.9 Å². The molecule has 0 bridgehead atoms. The molecule has 1 N–H and O–H groups in total. The zero-order chi connectivity index (χ0) is 13.7. The van der Waals surface area contributed by atoms with Crippen LogP contribution in [0.4, 0.5) is 4.79 Å². The van der Waals surface area contributed by atoms with Crippen molar-refractivity contribution in [3.05, 3.63) is 0 Å². The molecule has 1 heterocycles. The van der Waals surface area contributed by atoms with Gasteiger partial charge in [-0.05, 0) is 33.4 Å². The summed E-state index contributed by atoms with van der Waals surface area (Å²) in [7, 11) is 3.80. The maximum absolute atomic E-state index is 12.1. The summed E-state index contributed by atoms with van der Waals surface area (Å²) in [4.78, 5) is 28.0. The van der Waals surface area contributed by atoms with E-state index in [1.165, 1.54) is 4.90 Å². The van der Waals surface area contributed by atoms with Crippen LogP contribution in [0, 0.1) is 0 Å². The van der Waals surface area contributed by atoms with Crippen LogP contribution in [0.15, 0.2) is 0 Å².